The average molecular weight is 200 g/mol. The topological polar surface area (TPSA) is 135 Å². The fourth-order valence-electron chi connectivity index (χ4n) is 0.859. The third-order valence-corrected chi connectivity index (χ3v) is 1.54. The van der Waals surface area contributed by atoms with Crippen molar-refractivity contribution in [3.8, 4) is 0 Å². The lowest BCUT2D eigenvalue weighted by Crippen LogP contribution is -2.32. The summed E-state index contributed by atoms with van der Waals surface area (Å²) in [4.78, 5) is 25.7. The average Bonchev–Trinajstić information content (AvgIpc) is 2.52. The zero-order chi connectivity index (χ0) is 10.7. The largest absolute Gasteiger partial charge is 0.480 e. The van der Waals surface area contributed by atoms with Gasteiger partial charge in [-0.05, 0) is 4.92 Å². The van der Waals surface area contributed by atoms with Crippen molar-refractivity contribution in [2.24, 2.45) is 5.73 Å². The van der Waals surface area contributed by atoms with Gasteiger partial charge in [-0.2, -0.15) is 0 Å². The van der Waals surface area contributed by atoms with Crippen LogP contribution in [0.4, 0.5) is 5.95 Å². The number of imidazole rings is 1. The summed E-state index contributed by atoms with van der Waals surface area (Å²) >= 11 is 0. The van der Waals surface area contributed by atoms with Gasteiger partial charge >= 0.3 is 11.9 Å². The van der Waals surface area contributed by atoms with E-state index in [0.717, 1.165) is 0 Å². The fourth-order valence-corrected chi connectivity index (χ4v) is 0.859. The summed E-state index contributed by atoms with van der Waals surface area (Å²) in [5, 5.41) is 18.7. The summed E-state index contributed by atoms with van der Waals surface area (Å²) in [6, 6.07) is -1.10. The van der Waals surface area contributed by atoms with Crippen molar-refractivity contribution in [3.63, 3.8) is 0 Å². The SMILES string of the molecule is NC(Cc1c[nH]c([N+](=O)[O-])n1)C(=O)O. The number of carbonyl (C=O) groups is 1. The van der Waals surface area contributed by atoms with Gasteiger partial charge in [-0.15, -0.1) is 0 Å². The molecule has 1 aromatic rings. The number of H-pyrrole nitrogens is 1. The van der Waals surface area contributed by atoms with E-state index in [9.17, 15) is 14.9 Å². The van der Waals surface area contributed by atoms with E-state index in [-0.39, 0.29) is 12.1 Å². The molecule has 0 saturated heterocycles. The van der Waals surface area contributed by atoms with Crippen LogP contribution in [0.15, 0.2) is 6.20 Å². The molecule has 0 fully saturated rings. The van der Waals surface area contributed by atoms with Crippen molar-refractivity contribution in [3.05, 3.63) is 22.0 Å². The number of nitrogens with zero attached hydrogens (tertiary/aromatic N) is 2. The Kier molecular flexibility index (Phi) is 2.77. The highest BCUT2D eigenvalue weighted by Crippen LogP contribution is 2.06. The second-order valence-electron chi connectivity index (χ2n) is 2.62. The normalized spacial score (nSPS) is 12.4. The molecule has 0 radical (unpaired) electrons. The predicted octanol–water partition coefficient (Wildman–Crippen LogP) is -0.728. The van der Waals surface area contributed by atoms with Gasteiger partial charge in [0.25, 0.3) is 0 Å². The predicted molar refractivity (Wildman–Crippen MR) is 44.6 cm³/mol. The van der Waals surface area contributed by atoms with Crippen LogP contribution in [0, 0.1) is 10.1 Å². The zero-order valence-electron chi connectivity index (χ0n) is 7.01. The van der Waals surface area contributed by atoms with E-state index in [1.807, 2.05) is 0 Å². The summed E-state index contributed by atoms with van der Waals surface area (Å²) in [5.41, 5.74) is 5.47. The molecule has 76 valence electrons. The first kappa shape index (κ1) is 10.1. The van der Waals surface area contributed by atoms with Crippen LogP contribution in [-0.2, 0) is 11.2 Å². The molecule has 0 spiro atoms. The third kappa shape index (κ3) is 2.26. The van der Waals surface area contributed by atoms with Crippen LogP contribution in [0.2, 0.25) is 0 Å². The Morgan fingerprint density at radius 2 is 2.50 bits per heavy atom. The van der Waals surface area contributed by atoms with Gasteiger partial charge in [0.15, 0.2) is 5.69 Å². The lowest BCUT2D eigenvalue weighted by Gasteiger charge is -1.99. The molecule has 8 heteroatoms. The highest BCUT2D eigenvalue weighted by atomic mass is 16.6. The Hall–Kier alpha value is -1.96. The summed E-state index contributed by atoms with van der Waals surface area (Å²) < 4.78 is 0. The van der Waals surface area contributed by atoms with E-state index in [2.05, 4.69) is 9.97 Å². The van der Waals surface area contributed by atoms with Crippen LogP contribution >= 0.6 is 0 Å². The molecule has 1 aromatic heterocycles. The molecule has 1 heterocycles. The molecule has 0 aliphatic carbocycles. The number of aliphatic carboxylic acids is 1. The van der Waals surface area contributed by atoms with Crippen LogP contribution < -0.4 is 5.73 Å². The van der Waals surface area contributed by atoms with Crippen LogP contribution in [0.1, 0.15) is 5.69 Å². The number of carboxylic acid groups (broad SMARTS) is 1. The molecular formula is C6H8N4O4. The van der Waals surface area contributed by atoms with Gasteiger partial charge < -0.3 is 21.0 Å². The van der Waals surface area contributed by atoms with E-state index in [4.69, 9.17) is 10.8 Å². The highest BCUT2D eigenvalue weighted by Gasteiger charge is 2.18. The van der Waals surface area contributed by atoms with E-state index < -0.39 is 22.9 Å². The number of aromatic nitrogens is 2. The van der Waals surface area contributed by atoms with Crippen LogP contribution in [0.25, 0.3) is 0 Å². The second kappa shape index (κ2) is 3.83. The lowest BCUT2D eigenvalue weighted by atomic mass is 10.2. The molecule has 0 saturated carbocycles. The number of hydrogen-bond acceptors (Lipinski definition) is 5. The first-order chi connectivity index (χ1) is 6.50. The number of nitrogens with two attached hydrogens (primary N) is 1. The molecule has 0 aromatic carbocycles. The van der Waals surface area contributed by atoms with Crippen molar-refractivity contribution in [1.29, 1.82) is 0 Å². The van der Waals surface area contributed by atoms with Crippen molar-refractivity contribution < 1.29 is 14.8 Å². The maximum absolute atomic E-state index is 10.3. The Balaban J connectivity index is 2.69. The molecule has 4 N–H and O–H groups in total. The van der Waals surface area contributed by atoms with E-state index >= 15 is 0 Å². The minimum atomic E-state index is -1.17. The van der Waals surface area contributed by atoms with Crippen LogP contribution in [0.5, 0.6) is 0 Å². The maximum Gasteiger partial charge on any atom is 0.432 e. The standard InChI is InChI=1S/C6H8N4O4/c7-4(5(11)12)1-3-2-8-6(9-3)10(13)14/h2,4H,1,7H2,(H,8,9)(H,11,12). The first-order valence-corrected chi connectivity index (χ1v) is 3.67. The number of hydrogen-bond donors (Lipinski definition) is 3. The molecule has 14 heavy (non-hydrogen) atoms. The van der Waals surface area contributed by atoms with Gasteiger partial charge in [0.2, 0.25) is 0 Å². The smallest absolute Gasteiger partial charge is 0.432 e. The molecule has 0 aliphatic heterocycles. The van der Waals surface area contributed by atoms with Gasteiger partial charge in [-0.1, -0.05) is 4.98 Å². The first-order valence-electron chi connectivity index (χ1n) is 3.67. The number of nitrogens with one attached hydrogen (secondary N) is 1. The highest BCUT2D eigenvalue weighted by molar-refractivity contribution is 5.73. The summed E-state index contributed by atoms with van der Waals surface area (Å²) in [6.07, 6.45) is 1.22. The summed E-state index contributed by atoms with van der Waals surface area (Å²) in [7, 11) is 0. The molecule has 0 aliphatic rings. The Bertz CT molecular complexity index is 360. The number of aromatic amines is 1. The molecule has 0 bridgehead atoms. The van der Waals surface area contributed by atoms with Crippen molar-refractivity contribution in [2.75, 3.05) is 0 Å². The Morgan fingerprint density at radius 1 is 1.86 bits per heavy atom. The van der Waals surface area contributed by atoms with Crippen LogP contribution in [0.3, 0.4) is 0 Å². The van der Waals surface area contributed by atoms with E-state index in [1.165, 1.54) is 6.20 Å². The molecule has 1 rings (SSSR count). The minimum Gasteiger partial charge on any atom is -0.480 e. The minimum absolute atomic E-state index is 0.0420. The quantitative estimate of drug-likeness (QED) is 0.433. The summed E-state index contributed by atoms with van der Waals surface area (Å²) in [6.45, 7) is 0. The summed E-state index contributed by atoms with van der Waals surface area (Å²) in [5.74, 6) is -1.59. The van der Waals surface area contributed by atoms with Crippen LogP contribution in [-0.4, -0.2) is 32.0 Å². The Labute approximate surface area is 77.9 Å². The molecular weight excluding hydrogens is 192 g/mol. The van der Waals surface area contributed by atoms with Gasteiger partial charge in [0, 0.05) is 6.42 Å². The van der Waals surface area contributed by atoms with E-state index in [1.54, 1.807) is 0 Å². The lowest BCUT2D eigenvalue weighted by molar-refractivity contribution is -0.393. The number of rotatable bonds is 4. The van der Waals surface area contributed by atoms with Gasteiger partial charge in [0.05, 0.1) is 0 Å². The zero-order valence-corrected chi connectivity index (χ0v) is 7.01. The van der Waals surface area contributed by atoms with Crippen molar-refractivity contribution >= 4 is 11.9 Å². The maximum atomic E-state index is 10.3. The Morgan fingerprint density at radius 3 is 2.93 bits per heavy atom. The third-order valence-electron chi connectivity index (χ3n) is 1.54. The molecule has 0 amide bonds. The second-order valence-corrected chi connectivity index (χ2v) is 2.62. The molecule has 1 unspecified atom stereocenters. The number of nitro groups is 1. The fraction of sp³-hybridized carbons (Fsp3) is 0.333. The van der Waals surface area contributed by atoms with E-state index in [0.29, 0.717) is 0 Å². The van der Waals surface area contributed by atoms with Gasteiger partial charge in [-0.25, -0.2) is 4.98 Å². The number of carboxylic acids is 1. The molecule has 1 atom stereocenters. The van der Waals surface area contributed by atoms with Gasteiger partial charge in [-0.3, -0.25) is 4.79 Å². The van der Waals surface area contributed by atoms with Crippen molar-refractivity contribution in [1.82, 2.24) is 9.97 Å². The molecule has 8 nitrogen and oxygen atoms in total. The van der Waals surface area contributed by atoms with Gasteiger partial charge in [0.1, 0.15) is 12.2 Å². The van der Waals surface area contributed by atoms with Crippen molar-refractivity contribution in [2.45, 2.75) is 12.5 Å². The monoisotopic (exact) mass is 200 g/mol.